The molecule has 0 aliphatic heterocycles. The number of thioether (sulfide) groups is 1. The van der Waals surface area contributed by atoms with E-state index in [0.717, 1.165) is 24.0 Å². The molecule has 1 saturated carbocycles. The SMILES string of the molecule is O=C(NC1CC1)C(Sc1nnc(-c2ccccc2)o1)c1ccccc1. The number of nitrogens with zero attached hydrogens (tertiary/aromatic N) is 2. The highest BCUT2D eigenvalue weighted by Crippen LogP contribution is 2.36. The Morgan fingerprint density at radius 2 is 1.72 bits per heavy atom. The minimum absolute atomic E-state index is 0.0156. The number of hydrogen-bond donors (Lipinski definition) is 1. The van der Waals surface area contributed by atoms with Gasteiger partial charge in [-0.05, 0) is 42.3 Å². The number of rotatable bonds is 6. The second kappa shape index (κ2) is 7.11. The Labute approximate surface area is 149 Å². The first-order chi connectivity index (χ1) is 12.3. The van der Waals surface area contributed by atoms with Gasteiger partial charge in [0.2, 0.25) is 11.8 Å². The van der Waals surface area contributed by atoms with Gasteiger partial charge in [-0.2, -0.15) is 0 Å². The number of benzene rings is 2. The lowest BCUT2D eigenvalue weighted by atomic mass is 10.1. The van der Waals surface area contributed by atoms with Gasteiger partial charge in [0.15, 0.2) is 0 Å². The van der Waals surface area contributed by atoms with E-state index in [0.29, 0.717) is 17.2 Å². The maximum Gasteiger partial charge on any atom is 0.277 e. The topological polar surface area (TPSA) is 68.0 Å². The summed E-state index contributed by atoms with van der Waals surface area (Å²) in [5.74, 6) is 0.440. The third-order valence-corrected chi connectivity index (χ3v) is 5.00. The maximum atomic E-state index is 12.7. The van der Waals surface area contributed by atoms with Crippen molar-refractivity contribution in [2.45, 2.75) is 29.4 Å². The largest absolute Gasteiger partial charge is 0.411 e. The number of hydrogen-bond acceptors (Lipinski definition) is 5. The highest BCUT2D eigenvalue weighted by molar-refractivity contribution is 8.00. The monoisotopic (exact) mass is 351 g/mol. The van der Waals surface area contributed by atoms with Gasteiger partial charge in [0.1, 0.15) is 5.25 Å². The van der Waals surface area contributed by atoms with Gasteiger partial charge in [0.25, 0.3) is 5.22 Å². The molecule has 6 heteroatoms. The summed E-state index contributed by atoms with van der Waals surface area (Å²) in [5.41, 5.74) is 1.78. The Morgan fingerprint density at radius 1 is 1.04 bits per heavy atom. The van der Waals surface area contributed by atoms with Crippen molar-refractivity contribution in [3.05, 3.63) is 66.2 Å². The molecule has 0 saturated heterocycles. The second-order valence-electron chi connectivity index (χ2n) is 5.93. The zero-order valence-electron chi connectivity index (χ0n) is 13.5. The first kappa shape index (κ1) is 15.9. The van der Waals surface area contributed by atoms with E-state index in [1.165, 1.54) is 11.8 Å². The van der Waals surface area contributed by atoms with Crippen LogP contribution in [0.2, 0.25) is 0 Å². The van der Waals surface area contributed by atoms with E-state index in [1.807, 2.05) is 60.7 Å². The van der Waals surface area contributed by atoms with E-state index in [9.17, 15) is 4.79 Å². The molecule has 2 aromatic carbocycles. The van der Waals surface area contributed by atoms with Gasteiger partial charge in [-0.25, -0.2) is 0 Å². The smallest absolute Gasteiger partial charge is 0.277 e. The number of aromatic nitrogens is 2. The third-order valence-electron chi connectivity index (χ3n) is 3.91. The zero-order chi connectivity index (χ0) is 17.1. The Morgan fingerprint density at radius 3 is 2.40 bits per heavy atom. The van der Waals surface area contributed by atoms with Crippen molar-refractivity contribution in [1.82, 2.24) is 15.5 Å². The zero-order valence-corrected chi connectivity index (χ0v) is 14.3. The number of carbonyl (C=O) groups is 1. The van der Waals surface area contributed by atoms with Crippen molar-refractivity contribution in [2.75, 3.05) is 0 Å². The molecule has 126 valence electrons. The fraction of sp³-hybridized carbons (Fsp3) is 0.211. The standard InChI is InChI=1S/C19H17N3O2S/c23-17(20-15-11-12-15)16(13-7-3-1-4-8-13)25-19-22-21-18(24-19)14-9-5-2-6-10-14/h1-10,15-16H,11-12H2,(H,20,23). The fourth-order valence-electron chi connectivity index (χ4n) is 2.46. The molecule has 1 atom stereocenters. The molecule has 3 aromatic rings. The Balaban J connectivity index is 1.56. The Bertz CT molecular complexity index is 847. The van der Waals surface area contributed by atoms with Crippen LogP contribution in [0.1, 0.15) is 23.7 Å². The minimum Gasteiger partial charge on any atom is -0.411 e. The molecule has 1 N–H and O–H groups in total. The van der Waals surface area contributed by atoms with Crippen molar-refractivity contribution >= 4 is 17.7 Å². The van der Waals surface area contributed by atoms with Gasteiger partial charge in [0, 0.05) is 11.6 Å². The number of amides is 1. The maximum absolute atomic E-state index is 12.7. The van der Waals surface area contributed by atoms with Gasteiger partial charge < -0.3 is 9.73 Å². The van der Waals surface area contributed by atoms with E-state index in [-0.39, 0.29) is 5.91 Å². The van der Waals surface area contributed by atoms with Gasteiger partial charge >= 0.3 is 0 Å². The summed E-state index contributed by atoms with van der Waals surface area (Å²) >= 11 is 1.28. The molecule has 0 bridgehead atoms. The highest BCUT2D eigenvalue weighted by Gasteiger charge is 2.30. The van der Waals surface area contributed by atoms with Crippen LogP contribution in [0, 0.1) is 0 Å². The van der Waals surface area contributed by atoms with Crippen LogP contribution in [0.25, 0.3) is 11.5 Å². The van der Waals surface area contributed by atoms with Gasteiger partial charge in [-0.15, -0.1) is 10.2 Å². The molecule has 1 amide bonds. The normalized spacial score (nSPS) is 14.9. The highest BCUT2D eigenvalue weighted by atomic mass is 32.2. The van der Waals surface area contributed by atoms with Crippen LogP contribution in [0.5, 0.6) is 0 Å². The minimum atomic E-state index is -0.411. The van der Waals surface area contributed by atoms with Crippen molar-refractivity contribution in [3.8, 4) is 11.5 Å². The molecule has 1 unspecified atom stereocenters. The first-order valence-electron chi connectivity index (χ1n) is 8.20. The molecule has 1 aliphatic carbocycles. The van der Waals surface area contributed by atoms with Gasteiger partial charge in [-0.3, -0.25) is 4.79 Å². The van der Waals surface area contributed by atoms with Crippen LogP contribution in [-0.4, -0.2) is 22.1 Å². The first-order valence-corrected chi connectivity index (χ1v) is 9.08. The molecule has 0 radical (unpaired) electrons. The van der Waals surface area contributed by atoms with Crippen LogP contribution in [-0.2, 0) is 4.79 Å². The molecule has 4 rings (SSSR count). The van der Waals surface area contributed by atoms with Crippen LogP contribution >= 0.6 is 11.8 Å². The van der Waals surface area contributed by atoms with E-state index in [1.54, 1.807) is 0 Å². The van der Waals surface area contributed by atoms with E-state index < -0.39 is 5.25 Å². The molecule has 0 spiro atoms. The molecule has 1 fully saturated rings. The van der Waals surface area contributed by atoms with Crippen LogP contribution in [0.3, 0.4) is 0 Å². The molecule has 1 aliphatic rings. The predicted molar refractivity (Wildman–Crippen MR) is 95.9 cm³/mol. The van der Waals surface area contributed by atoms with Crippen LogP contribution in [0.4, 0.5) is 0 Å². The van der Waals surface area contributed by atoms with E-state index >= 15 is 0 Å². The summed E-state index contributed by atoms with van der Waals surface area (Å²) in [7, 11) is 0. The van der Waals surface area contributed by atoms with Crippen molar-refractivity contribution in [2.24, 2.45) is 0 Å². The summed E-state index contributed by atoms with van der Waals surface area (Å²) in [6.07, 6.45) is 2.10. The molecule has 1 heterocycles. The predicted octanol–water partition coefficient (Wildman–Crippen LogP) is 3.85. The van der Waals surface area contributed by atoms with Crippen LogP contribution < -0.4 is 5.32 Å². The Hall–Kier alpha value is -2.60. The summed E-state index contributed by atoms with van der Waals surface area (Å²) < 4.78 is 5.75. The van der Waals surface area contributed by atoms with Gasteiger partial charge in [-0.1, -0.05) is 48.5 Å². The lowest BCUT2D eigenvalue weighted by Crippen LogP contribution is -2.29. The quantitative estimate of drug-likeness (QED) is 0.683. The second-order valence-corrected chi connectivity index (χ2v) is 6.99. The number of carbonyl (C=O) groups excluding carboxylic acids is 1. The van der Waals surface area contributed by atoms with E-state index in [2.05, 4.69) is 15.5 Å². The Kier molecular flexibility index (Phi) is 4.52. The van der Waals surface area contributed by atoms with Crippen molar-refractivity contribution in [3.63, 3.8) is 0 Å². The third kappa shape index (κ3) is 3.91. The number of nitrogens with one attached hydrogen (secondary N) is 1. The summed E-state index contributed by atoms with van der Waals surface area (Å²) in [4.78, 5) is 12.7. The molecule has 25 heavy (non-hydrogen) atoms. The van der Waals surface area contributed by atoms with Crippen molar-refractivity contribution < 1.29 is 9.21 Å². The fourth-order valence-corrected chi connectivity index (χ4v) is 3.35. The summed E-state index contributed by atoms with van der Waals surface area (Å²) in [5, 5.41) is 11.2. The van der Waals surface area contributed by atoms with Crippen molar-refractivity contribution in [1.29, 1.82) is 0 Å². The average molecular weight is 351 g/mol. The lowest BCUT2D eigenvalue weighted by molar-refractivity contribution is -0.120. The molecule has 5 nitrogen and oxygen atoms in total. The van der Waals surface area contributed by atoms with E-state index in [4.69, 9.17) is 4.42 Å². The summed E-state index contributed by atoms with van der Waals surface area (Å²) in [6, 6.07) is 19.6. The average Bonchev–Trinajstić information content (AvgIpc) is 3.35. The molecular formula is C19H17N3O2S. The van der Waals surface area contributed by atoms with Gasteiger partial charge in [0.05, 0.1) is 0 Å². The molecular weight excluding hydrogens is 334 g/mol. The van der Waals surface area contributed by atoms with Crippen LogP contribution in [0.15, 0.2) is 70.3 Å². The summed E-state index contributed by atoms with van der Waals surface area (Å²) in [6.45, 7) is 0. The molecule has 1 aromatic heterocycles. The lowest BCUT2D eigenvalue weighted by Gasteiger charge is -2.14.